The SMILES string of the molecule is C[C@H]1C[C@@H](c2ccncc2NC(=O)c2ccc(F)c(-c3c(F)ccc(N)c3F)n2)C[C@@H](O)[C@]1(C)O. The van der Waals surface area contributed by atoms with Crippen LogP contribution in [-0.2, 0) is 0 Å². The number of nitrogens with zero attached hydrogens (tertiary/aromatic N) is 2. The molecule has 1 aliphatic rings. The molecule has 0 unspecified atom stereocenters. The van der Waals surface area contributed by atoms with E-state index >= 15 is 0 Å². The summed E-state index contributed by atoms with van der Waals surface area (Å²) >= 11 is 0. The monoisotopic (exact) mass is 486 g/mol. The summed E-state index contributed by atoms with van der Waals surface area (Å²) in [6.07, 6.45) is 2.85. The number of nitrogens with two attached hydrogens (primary N) is 1. The number of aromatic nitrogens is 2. The molecule has 3 aromatic rings. The zero-order valence-electron chi connectivity index (χ0n) is 19.1. The van der Waals surface area contributed by atoms with Gasteiger partial charge in [0, 0.05) is 6.20 Å². The van der Waals surface area contributed by atoms with Crippen molar-refractivity contribution in [3.63, 3.8) is 0 Å². The number of pyridine rings is 2. The Balaban J connectivity index is 1.64. The van der Waals surface area contributed by atoms with E-state index < -0.39 is 46.3 Å². The third-order valence-corrected chi connectivity index (χ3v) is 6.80. The quantitative estimate of drug-likeness (QED) is 0.414. The van der Waals surface area contributed by atoms with Crippen molar-refractivity contribution in [1.29, 1.82) is 0 Å². The number of aliphatic hydroxyl groups excluding tert-OH is 1. The lowest BCUT2D eigenvalue weighted by atomic mass is 9.69. The van der Waals surface area contributed by atoms with Crippen LogP contribution in [0, 0.1) is 23.4 Å². The van der Waals surface area contributed by atoms with Crippen LogP contribution in [0.1, 0.15) is 48.7 Å². The minimum atomic E-state index is -1.23. The zero-order valence-corrected chi connectivity index (χ0v) is 19.1. The summed E-state index contributed by atoms with van der Waals surface area (Å²) in [4.78, 5) is 20.9. The van der Waals surface area contributed by atoms with Crippen molar-refractivity contribution in [2.75, 3.05) is 11.1 Å². The summed E-state index contributed by atoms with van der Waals surface area (Å²) in [5.74, 6) is -4.41. The van der Waals surface area contributed by atoms with Crippen LogP contribution >= 0.6 is 0 Å². The van der Waals surface area contributed by atoms with Gasteiger partial charge in [0.15, 0.2) is 5.82 Å². The average Bonchev–Trinajstić information content (AvgIpc) is 2.81. The van der Waals surface area contributed by atoms with E-state index in [1.165, 1.54) is 6.20 Å². The molecular formula is C25H25F3N4O3. The highest BCUT2D eigenvalue weighted by molar-refractivity contribution is 6.03. The van der Waals surface area contributed by atoms with Crippen LogP contribution in [0.25, 0.3) is 11.3 Å². The van der Waals surface area contributed by atoms with Crippen molar-refractivity contribution in [2.45, 2.75) is 44.3 Å². The fourth-order valence-corrected chi connectivity index (χ4v) is 4.43. The molecule has 0 aliphatic heterocycles. The first-order valence-corrected chi connectivity index (χ1v) is 11.1. The van der Waals surface area contributed by atoms with Crippen molar-refractivity contribution in [2.24, 2.45) is 5.92 Å². The van der Waals surface area contributed by atoms with Crippen LogP contribution in [0.4, 0.5) is 24.5 Å². The first-order chi connectivity index (χ1) is 16.5. The van der Waals surface area contributed by atoms with Gasteiger partial charge in [-0.15, -0.1) is 0 Å². The van der Waals surface area contributed by atoms with Gasteiger partial charge in [-0.05, 0) is 67.5 Å². The Morgan fingerprint density at radius 3 is 2.57 bits per heavy atom. The lowest BCUT2D eigenvalue weighted by molar-refractivity contribution is -0.123. The molecule has 1 aromatic carbocycles. The summed E-state index contributed by atoms with van der Waals surface area (Å²) in [6, 6.07) is 5.59. The maximum atomic E-state index is 14.5. The number of nitrogen functional groups attached to an aromatic ring is 1. The molecule has 7 nitrogen and oxygen atoms in total. The molecule has 184 valence electrons. The van der Waals surface area contributed by atoms with Crippen molar-refractivity contribution in [3.8, 4) is 11.3 Å². The Hall–Kier alpha value is -3.50. The number of hydrogen-bond donors (Lipinski definition) is 4. The van der Waals surface area contributed by atoms with Crippen LogP contribution in [-0.4, -0.2) is 37.8 Å². The Labute approximate surface area is 199 Å². The molecule has 1 saturated carbocycles. The molecule has 1 fully saturated rings. The average molecular weight is 486 g/mol. The summed E-state index contributed by atoms with van der Waals surface area (Å²) in [7, 11) is 0. The number of aliphatic hydroxyl groups is 2. The molecule has 0 spiro atoms. The topological polar surface area (TPSA) is 121 Å². The maximum Gasteiger partial charge on any atom is 0.274 e. The highest BCUT2D eigenvalue weighted by Crippen LogP contribution is 2.43. The number of amides is 1. The molecule has 5 N–H and O–H groups in total. The van der Waals surface area contributed by atoms with Crippen LogP contribution in [0.5, 0.6) is 0 Å². The number of hydrogen-bond acceptors (Lipinski definition) is 6. The van der Waals surface area contributed by atoms with Gasteiger partial charge in [0.05, 0.1) is 34.8 Å². The van der Waals surface area contributed by atoms with Crippen LogP contribution < -0.4 is 11.1 Å². The Morgan fingerprint density at radius 1 is 1.14 bits per heavy atom. The molecule has 0 radical (unpaired) electrons. The maximum absolute atomic E-state index is 14.5. The summed E-state index contributed by atoms with van der Waals surface area (Å²) < 4.78 is 43.2. The molecule has 1 aliphatic carbocycles. The van der Waals surface area contributed by atoms with Gasteiger partial charge >= 0.3 is 0 Å². The number of anilines is 2. The van der Waals surface area contributed by atoms with Gasteiger partial charge in [0.25, 0.3) is 5.91 Å². The van der Waals surface area contributed by atoms with E-state index in [9.17, 15) is 28.2 Å². The molecule has 10 heteroatoms. The van der Waals surface area contributed by atoms with E-state index in [0.29, 0.717) is 17.7 Å². The van der Waals surface area contributed by atoms with Gasteiger partial charge < -0.3 is 21.3 Å². The molecule has 4 atom stereocenters. The summed E-state index contributed by atoms with van der Waals surface area (Å²) in [5.41, 5.74) is 3.19. The van der Waals surface area contributed by atoms with Gasteiger partial charge in [-0.3, -0.25) is 9.78 Å². The van der Waals surface area contributed by atoms with E-state index in [0.717, 1.165) is 24.3 Å². The highest BCUT2D eigenvalue weighted by Gasteiger charge is 2.43. The molecule has 1 amide bonds. The van der Waals surface area contributed by atoms with E-state index in [1.807, 2.05) is 6.92 Å². The van der Waals surface area contributed by atoms with Gasteiger partial charge in [-0.2, -0.15) is 0 Å². The number of benzene rings is 1. The van der Waals surface area contributed by atoms with Crippen LogP contribution in [0.15, 0.2) is 42.7 Å². The van der Waals surface area contributed by atoms with Crippen molar-refractivity contribution < 1.29 is 28.2 Å². The first-order valence-electron chi connectivity index (χ1n) is 11.1. The van der Waals surface area contributed by atoms with E-state index in [1.54, 1.807) is 19.2 Å². The second-order valence-electron chi connectivity index (χ2n) is 9.08. The molecule has 0 bridgehead atoms. The van der Waals surface area contributed by atoms with E-state index in [4.69, 9.17) is 5.73 Å². The Bertz CT molecular complexity index is 1270. The number of rotatable bonds is 4. The first kappa shape index (κ1) is 24.6. The highest BCUT2D eigenvalue weighted by atomic mass is 19.1. The van der Waals surface area contributed by atoms with Crippen LogP contribution in [0.3, 0.4) is 0 Å². The van der Waals surface area contributed by atoms with Crippen molar-refractivity contribution in [3.05, 3.63) is 71.4 Å². The summed E-state index contributed by atoms with van der Waals surface area (Å²) in [5, 5.41) is 23.6. The second kappa shape index (κ2) is 9.27. The fraction of sp³-hybridized carbons (Fsp3) is 0.320. The minimum Gasteiger partial charge on any atom is -0.396 e. The van der Waals surface area contributed by atoms with Gasteiger partial charge in [-0.1, -0.05) is 6.92 Å². The molecule has 0 saturated heterocycles. The molecule has 35 heavy (non-hydrogen) atoms. The van der Waals surface area contributed by atoms with Crippen molar-refractivity contribution in [1.82, 2.24) is 9.97 Å². The van der Waals surface area contributed by atoms with Crippen LogP contribution in [0.2, 0.25) is 0 Å². The fourth-order valence-electron chi connectivity index (χ4n) is 4.43. The number of nitrogens with one attached hydrogen (secondary N) is 1. The largest absolute Gasteiger partial charge is 0.396 e. The normalized spacial score (nSPS) is 24.3. The number of carbonyl (C=O) groups excluding carboxylic acids is 1. The molecule has 2 aromatic heterocycles. The van der Waals surface area contributed by atoms with Gasteiger partial charge in [0.2, 0.25) is 0 Å². The lowest BCUT2D eigenvalue weighted by Gasteiger charge is -2.43. The van der Waals surface area contributed by atoms with E-state index in [2.05, 4.69) is 15.3 Å². The third kappa shape index (κ3) is 4.59. The summed E-state index contributed by atoms with van der Waals surface area (Å²) in [6.45, 7) is 3.44. The minimum absolute atomic E-state index is 0.175. The number of halogens is 3. The third-order valence-electron chi connectivity index (χ3n) is 6.80. The van der Waals surface area contributed by atoms with Crippen molar-refractivity contribution >= 4 is 17.3 Å². The lowest BCUT2D eigenvalue weighted by Crippen LogP contribution is -2.49. The van der Waals surface area contributed by atoms with Gasteiger partial charge in [0.1, 0.15) is 23.0 Å². The predicted molar refractivity (Wildman–Crippen MR) is 124 cm³/mol. The van der Waals surface area contributed by atoms with Gasteiger partial charge in [-0.25, -0.2) is 18.2 Å². The molecular weight excluding hydrogens is 461 g/mol. The zero-order chi connectivity index (χ0) is 25.5. The Kier molecular flexibility index (Phi) is 6.52. The van der Waals surface area contributed by atoms with E-state index in [-0.39, 0.29) is 29.6 Å². The smallest absolute Gasteiger partial charge is 0.274 e. The molecule has 4 rings (SSSR count). The Morgan fingerprint density at radius 2 is 1.86 bits per heavy atom. The standard InChI is InChI=1S/C25H25F3N4O3/c1-12-9-13(10-20(33)25(12,2)35)14-7-8-30-11-19(14)32-24(34)18-6-4-16(27)23(31-18)21-15(26)3-5-17(29)22(21)28/h3-8,11-13,20,33,35H,9-10,29H2,1-2H3,(H,32,34)/t12-,13+,20+,25+/m0/s1. The predicted octanol–water partition coefficient (Wildman–Crippen LogP) is 4.02. The molecule has 2 heterocycles. The second-order valence-corrected chi connectivity index (χ2v) is 9.08. The number of carbonyl (C=O) groups is 1.